The van der Waals surface area contributed by atoms with Crippen LogP contribution in [-0.2, 0) is 0 Å². The van der Waals surface area contributed by atoms with Crippen molar-refractivity contribution >= 4 is 5.69 Å². The molecule has 2 rings (SSSR count). The molecule has 0 saturated carbocycles. The molecule has 0 unspecified atom stereocenters. The molecule has 0 aromatic heterocycles. The lowest BCUT2D eigenvalue weighted by Crippen LogP contribution is -2.04. The number of fused-ring (bicyclic) bond motifs is 1. The molecule has 0 bridgehead atoms. The number of azo groups is 1. The van der Waals surface area contributed by atoms with E-state index in [0.29, 0.717) is 11.3 Å². The molecule has 0 amide bonds. The van der Waals surface area contributed by atoms with Gasteiger partial charge in [-0.1, -0.05) is 0 Å². The Morgan fingerprint density at radius 2 is 2.09 bits per heavy atom. The van der Waals surface area contributed by atoms with Gasteiger partial charge in [-0.2, -0.15) is 10.2 Å². The Morgan fingerprint density at radius 1 is 1.27 bits per heavy atom. The number of hydrogen-bond donors (Lipinski definition) is 1. The molecule has 0 atom stereocenters. The van der Waals surface area contributed by atoms with Gasteiger partial charge in [-0.05, 0) is 18.2 Å². The lowest BCUT2D eigenvalue weighted by Gasteiger charge is -1.97. The predicted octanol–water partition coefficient (Wildman–Crippen LogP) is 1.72. The summed E-state index contributed by atoms with van der Waals surface area (Å²) in [6.07, 6.45) is 0.277. The Kier molecular flexibility index (Phi) is 1.22. The maximum absolute atomic E-state index is 12.6. The van der Waals surface area contributed by atoms with E-state index in [-0.39, 0.29) is 12.0 Å². The van der Waals surface area contributed by atoms with Gasteiger partial charge >= 0.3 is 0 Å². The van der Waals surface area contributed by atoms with Crippen LogP contribution in [0.3, 0.4) is 0 Å². The van der Waals surface area contributed by atoms with E-state index in [0.717, 1.165) is 0 Å². The maximum atomic E-state index is 12.6. The van der Waals surface area contributed by atoms with Gasteiger partial charge in [0.15, 0.2) is 0 Å². The molecule has 3 nitrogen and oxygen atoms in total. The molecule has 11 heavy (non-hydrogen) atoms. The number of nitrogens with two attached hydrogens (primary N) is 1. The molecule has 0 spiro atoms. The average molecular weight is 150 g/mol. The minimum Gasteiger partial charge on any atom is -0.298 e. The summed E-state index contributed by atoms with van der Waals surface area (Å²) in [6, 6.07) is 4.20. The zero-order valence-corrected chi connectivity index (χ0v) is 5.58. The van der Waals surface area contributed by atoms with Crippen molar-refractivity contribution in [3.05, 3.63) is 35.7 Å². The molecule has 1 aromatic carbocycles. The second-order valence-electron chi connectivity index (χ2n) is 2.25. The van der Waals surface area contributed by atoms with E-state index in [1.165, 1.54) is 12.1 Å². The average Bonchev–Trinajstić information content (AvgIpc) is 2.33. The number of benzene rings is 1. The van der Waals surface area contributed by atoms with Crippen molar-refractivity contribution < 1.29 is 4.39 Å². The summed E-state index contributed by atoms with van der Waals surface area (Å²) < 4.78 is 12.6. The van der Waals surface area contributed by atoms with E-state index in [9.17, 15) is 4.39 Å². The Bertz CT molecular complexity index is 321. The first-order chi connectivity index (χ1) is 5.27. The van der Waals surface area contributed by atoms with E-state index in [1.807, 2.05) is 0 Å². The molecule has 1 aromatic rings. The zero-order valence-electron chi connectivity index (χ0n) is 5.58. The highest BCUT2D eigenvalue weighted by Gasteiger charge is 2.17. The second-order valence-corrected chi connectivity index (χ2v) is 2.25. The maximum Gasteiger partial charge on any atom is 0.202 e. The van der Waals surface area contributed by atoms with Gasteiger partial charge in [0.25, 0.3) is 0 Å². The van der Waals surface area contributed by atoms with Crippen LogP contribution in [0.25, 0.3) is 0 Å². The number of nitrogens with zero attached hydrogens (tertiary/aromatic N) is 2. The van der Waals surface area contributed by atoms with E-state index in [2.05, 4.69) is 10.2 Å². The molecule has 55 valence electrons. The highest BCUT2D eigenvalue weighted by atomic mass is 19.1. The van der Waals surface area contributed by atoms with Crippen LogP contribution in [0, 0.1) is 12.0 Å². The summed E-state index contributed by atoms with van der Waals surface area (Å²) in [7, 11) is 0. The van der Waals surface area contributed by atoms with E-state index < -0.39 is 0 Å². The number of halogens is 1. The third kappa shape index (κ3) is 0.914. The summed E-state index contributed by atoms with van der Waals surface area (Å²) >= 11 is 0. The molecule has 2 N–H and O–H groups in total. The van der Waals surface area contributed by atoms with Crippen molar-refractivity contribution in [1.29, 1.82) is 0 Å². The first-order valence-electron chi connectivity index (χ1n) is 3.11. The van der Waals surface area contributed by atoms with Crippen molar-refractivity contribution in [3.63, 3.8) is 0 Å². The third-order valence-corrected chi connectivity index (χ3v) is 1.50. The molecule has 1 radical (unpaired) electrons. The van der Waals surface area contributed by atoms with Gasteiger partial charge < -0.3 is 0 Å². The Balaban J connectivity index is 2.58. The molecular formula is C7H5FN3. The first-order valence-corrected chi connectivity index (χ1v) is 3.11. The molecule has 0 fully saturated rings. The Morgan fingerprint density at radius 3 is 2.91 bits per heavy atom. The summed E-state index contributed by atoms with van der Waals surface area (Å²) in [5, 5.41) is 7.32. The number of rotatable bonds is 0. The van der Waals surface area contributed by atoms with Crippen molar-refractivity contribution in [1.82, 2.24) is 0 Å². The summed E-state index contributed by atoms with van der Waals surface area (Å²) in [4.78, 5) is 0. The SMILES string of the molecule is N[C]1N=Nc2ccc(F)cc21. The zero-order chi connectivity index (χ0) is 7.84. The minimum absolute atomic E-state index is 0.277. The molecule has 4 heteroatoms. The number of hydrogen-bond acceptors (Lipinski definition) is 3. The minimum atomic E-state index is -0.320. The predicted molar refractivity (Wildman–Crippen MR) is 37.4 cm³/mol. The van der Waals surface area contributed by atoms with E-state index in [4.69, 9.17) is 5.73 Å². The van der Waals surface area contributed by atoms with Gasteiger partial charge in [0, 0.05) is 5.56 Å². The molecule has 1 heterocycles. The van der Waals surface area contributed by atoms with Crippen LogP contribution < -0.4 is 5.73 Å². The molecule has 1 aliphatic heterocycles. The van der Waals surface area contributed by atoms with Gasteiger partial charge in [-0.25, -0.2) is 4.39 Å². The van der Waals surface area contributed by atoms with Crippen LogP contribution in [0.4, 0.5) is 10.1 Å². The highest BCUT2D eigenvalue weighted by Crippen LogP contribution is 2.31. The van der Waals surface area contributed by atoms with E-state index >= 15 is 0 Å². The highest BCUT2D eigenvalue weighted by molar-refractivity contribution is 5.54. The van der Waals surface area contributed by atoms with Crippen molar-refractivity contribution in [2.45, 2.75) is 0 Å². The topological polar surface area (TPSA) is 50.7 Å². The van der Waals surface area contributed by atoms with Crippen molar-refractivity contribution in [2.75, 3.05) is 0 Å². The molecule has 1 aliphatic rings. The smallest absolute Gasteiger partial charge is 0.202 e. The quantitative estimate of drug-likeness (QED) is 0.601. The van der Waals surface area contributed by atoms with Gasteiger partial charge in [0.05, 0.1) is 5.69 Å². The fraction of sp³-hybridized carbons (Fsp3) is 0. The Labute approximate surface area is 62.7 Å². The first kappa shape index (κ1) is 6.42. The van der Waals surface area contributed by atoms with Crippen LogP contribution in [0.2, 0.25) is 0 Å². The lowest BCUT2D eigenvalue weighted by atomic mass is 10.1. The third-order valence-electron chi connectivity index (χ3n) is 1.50. The van der Waals surface area contributed by atoms with Crippen molar-refractivity contribution in [2.24, 2.45) is 16.0 Å². The van der Waals surface area contributed by atoms with Gasteiger partial charge in [-0.3, -0.25) is 5.73 Å². The normalized spacial score (nSPS) is 15.5. The fourth-order valence-electron chi connectivity index (χ4n) is 0.962. The molecule has 0 aliphatic carbocycles. The van der Waals surface area contributed by atoms with Gasteiger partial charge in [0.2, 0.25) is 6.17 Å². The lowest BCUT2D eigenvalue weighted by molar-refractivity contribution is 0.626. The van der Waals surface area contributed by atoms with Gasteiger partial charge in [-0.15, -0.1) is 0 Å². The van der Waals surface area contributed by atoms with Crippen LogP contribution in [0.5, 0.6) is 0 Å². The monoisotopic (exact) mass is 150 g/mol. The van der Waals surface area contributed by atoms with Crippen LogP contribution >= 0.6 is 0 Å². The second kappa shape index (κ2) is 2.10. The molecule has 0 saturated heterocycles. The Hall–Kier alpha value is -1.29. The molecular weight excluding hydrogens is 145 g/mol. The standard InChI is InChI=1S/C7H5FN3/c8-4-1-2-6-5(3-4)7(9)11-10-6/h1-3H,9H2. The van der Waals surface area contributed by atoms with E-state index in [1.54, 1.807) is 6.07 Å². The summed E-state index contributed by atoms with van der Waals surface area (Å²) in [6.45, 7) is 0. The largest absolute Gasteiger partial charge is 0.298 e. The summed E-state index contributed by atoms with van der Waals surface area (Å²) in [5.74, 6) is -0.320. The van der Waals surface area contributed by atoms with Crippen LogP contribution in [-0.4, -0.2) is 0 Å². The summed E-state index contributed by atoms with van der Waals surface area (Å²) in [5.41, 5.74) is 6.61. The van der Waals surface area contributed by atoms with Gasteiger partial charge in [0.1, 0.15) is 5.82 Å². The van der Waals surface area contributed by atoms with Crippen LogP contribution in [0.1, 0.15) is 5.56 Å². The van der Waals surface area contributed by atoms with Crippen molar-refractivity contribution in [3.8, 4) is 0 Å². The fourth-order valence-corrected chi connectivity index (χ4v) is 0.962. The van der Waals surface area contributed by atoms with Crippen LogP contribution in [0.15, 0.2) is 28.4 Å².